The maximum absolute atomic E-state index is 5.98. The summed E-state index contributed by atoms with van der Waals surface area (Å²) in [6, 6.07) is 4.63. The summed E-state index contributed by atoms with van der Waals surface area (Å²) in [5.74, 6) is 0.981. The van der Waals surface area contributed by atoms with Gasteiger partial charge in [0.25, 0.3) is 0 Å². The van der Waals surface area contributed by atoms with Crippen molar-refractivity contribution in [3.05, 3.63) is 28.8 Å². The molecule has 0 spiro atoms. The van der Waals surface area contributed by atoms with Gasteiger partial charge in [0.05, 0.1) is 20.3 Å². The van der Waals surface area contributed by atoms with Gasteiger partial charge in [-0.1, -0.05) is 12.1 Å². The molecule has 3 heteroatoms. The summed E-state index contributed by atoms with van der Waals surface area (Å²) in [6.45, 7) is 7.80. The third-order valence-electron chi connectivity index (χ3n) is 3.75. The van der Waals surface area contributed by atoms with Crippen molar-refractivity contribution in [3.63, 3.8) is 0 Å². The van der Waals surface area contributed by atoms with E-state index in [0.717, 1.165) is 25.4 Å². The fraction of sp³-hybridized carbons (Fsp3) is 0.600. The lowest BCUT2D eigenvalue weighted by Crippen LogP contribution is -2.49. The minimum Gasteiger partial charge on any atom is -0.496 e. The molecule has 2 N–H and O–H groups in total. The molecule has 1 aromatic rings. The van der Waals surface area contributed by atoms with Crippen molar-refractivity contribution in [2.45, 2.75) is 38.6 Å². The van der Waals surface area contributed by atoms with Gasteiger partial charge in [0, 0.05) is 11.5 Å². The highest BCUT2D eigenvalue weighted by atomic mass is 16.5. The smallest absolute Gasteiger partial charge is 0.124 e. The molecule has 0 amide bonds. The van der Waals surface area contributed by atoms with Gasteiger partial charge < -0.3 is 15.2 Å². The molecule has 0 aliphatic carbocycles. The third kappa shape index (κ3) is 2.25. The van der Waals surface area contributed by atoms with E-state index in [0.29, 0.717) is 0 Å². The Kier molecular flexibility index (Phi) is 3.64. The van der Waals surface area contributed by atoms with Gasteiger partial charge in [0.2, 0.25) is 0 Å². The number of benzene rings is 1. The Balaban J connectivity index is 2.38. The van der Waals surface area contributed by atoms with Crippen LogP contribution in [-0.4, -0.2) is 26.4 Å². The van der Waals surface area contributed by atoms with Crippen LogP contribution < -0.4 is 10.5 Å². The van der Waals surface area contributed by atoms with Crippen molar-refractivity contribution in [1.82, 2.24) is 0 Å². The van der Waals surface area contributed by atoms with E-state index in [1.54, 1.807) is 7.11 Å². The Morgan fingerprint density at radius 2 is 1.89 bits per heavy atom. The van der Waals surface area contributed by atoms with Crippen molar-refractivity contribution in [2.24, 2.45) is 5.73 Å². The van der Waals surface area contributed by atoms with Gasteiger partial charge in [-0.2, -0.15) is 0 Å². The number of rotatable bonds is 4. The predicted octanol–water partition coefficient (Wildman–Crippen LogP) is 2.32. The molecule has 3 nitrogen and oxygen atoms in total. The molecule has 1 heterocycles. The summed E-state index contributed by atoms with van der Waals surface area (Å²) >= 11 is 0. The second-order valence-electron chi connectivity index (χ2n) is 5.60. The molecule has 0 saturated carbocycles. The van der Waals surface area contributed by atoms with E-state index < -0.39 is 0 Å². The Bertz CT molecular complexity index is 413. The Labute approximate surface area is 109 Å². The normalized spacial score (nSPS) is 19.2. The van der Waals surface area contributed by atoms with Crippen molar-refractivity contribution in [2.75, 3.05) is 20.3 Å². The van der Waals surface area contributed by atoms with E-state index in [9.17, 15) is 0 Å². The zero-order valence-corrected chi connectivity index (χ0v) is 11.7. The average Bonchev–Trinajstić information content (AvgIpc) is 2.22. The molecule has 1 aromatic carbocycles. The highest BCUT2D eigenvalue weighted by Gasteiger charge is 2.41. The van der Waals surface area contributed by atoms with Crippen LogP contribution in [0.1, 0.15) is 30.0 Å². The van der Waals surface area contributed by atoms with Gasteiger partial charge in [0.1, 0.15) is 5.75 Å². The molecule has 0 radical (unpaired) electrons. The zero-order chi connectivity index (χ0) is 13.3. The summed E-state index contributed by atoms with van der Waals surface area (Å²) in [4.78, 5) is 0. The summed E-state index contributed by atoms with van der Waals surface area (Å²) in [6.07, 6.45) is 0.970. The van der Waals surface area contributed by atoms with Gasteiger partial charge >= 0.3 is 0 Å². The fourth-order valence-electron chi connectivity index (χ4n) is 2.95. The molecule has 0 aromatic heterocycles. The van der Waals surface area contributed by atoms with Crippen molar-refractivity contribution >= 4 is 0 Å². The van der Waals surface area contributed by atoms with Crippen LogP contribution in [0.25, 0.3) is 0 Å². The van der Waals surface area contributed by atoms with Gasteiger partial charge in [0.15, 0.2) is 0 Å². The van der Waals surface area contributed by atoms with E-state index >= 15 is 0 Å². The first kappa shape index (κ1) is 13.4. The summed E-state index contributed by atoms with van der Waals surface area (Å²) in [7, 11) is 1.72. The highest BCUT2D eigenvalue weighted by Crippen LogP contribution is 2.39. The van der Waals surface area contributed by atoms with Crippen LogP contribution in [-0.2, 0) is 10.2 Å². The lowest BCUT2D eigenvalue weighted by molar-refractivity contribution is -0.0666. The largest absolute Gasteiger partial charge is 0.496 e. The van der Waals surface area contributed by atoms with Gasteiger partial charge in [-0.15, -0.1) is 0 Å². The second kappa shape index (κ2) is 4.90. The van der Waals surface area contributed by atoms with Crippen molar-refractivity contribution in [1.29, 1.82) is 0 Å². The summed E-state index contributed by atoms with van der Waals surface area (Å²) in [5.41, 5.74) is 9.79. The molecule has 2 rings (SSSR count). The lowest BCUT2D eigenvalue weighted by Gasteiger charge is -2.43. The topological polar surface area (TPSA) is 44.5 Å². The number of aryl methyl sites for hydroxylation is 2. The van der Waals surface area contributed by atoms with E-state index in [-0.39, 0.29) is 11.5 Å². The molecule has 18 heavy (non-hydrogen) atoms. The van der Waals surface area contributed by atoms with Gasteiger partial charge in [-0.3, -0.25) is 0 Å². The van der Waals surface area contributed by atoms with Gasteiger partial charge in [-0.05, 0) is 43.9 Å². The van der Waals surface area contributed by atoms with Crippen LogP contribution in [0.4, 0.5) is 0 Å². The molecule has 100 valence electrons. The van der Waals surface area contributed by atoms with Crippen LogP contribution in [0.2, 0.25) is 0 Å². The van der Waals surface area contributed by atoms with Crippen LogP contribution >= 0.6 is 0 Å². The number of hydrogen-bond acceptors (Lipinski definition) is 3. The number of hydrogen-bond donors (Lipinski definition) is 1. The molecule has 1 fully saturated rings. The molecule has 0 bridgehead atoms. The molecular formula is C15H23NO2. The quantitative estimate of drug-likeness (QED) is 0.890. The Morgan fingerprint density at radius 3 is 2.22 bits per heavy atom. The highest BCUT2D eigenvalue weighted by molar-refractivity contribution is 5.46. The van der Waals surface area contributed by atoms with Gasteiger partial charge in [-0.25, -0.2) is 0 Å². The summed E-state index contributed by atoms with van der Waals surface area (Å²) < 4.78 is 10.9. The predicted molar refractivity (Wildman–Crippen MR) is 73.2 cm³/mol. The molecule has 1 saturated heterocycles. The standard InChI is InChI=1S/C15H23NO2/c1-10-5-13(6-11(2)14(10)17-4)15(7-12(3)16)8-18-9-15/h5-6,12H,7-9,16H2,1-4H3. The third-order valence-corrected chi connectivity index (χ3v) is 3.75. The Hall–Kier alpha value is -1.06. The molecular weight excluding hydrogens is 226 g/mol. The maximum Gasteiger partial charge on any atom is 0.124 e. The van der Waals surface area contributed by atoms with E-state index in [4.69, 9.17) is 15.2 Å². The van der Waals surface area contributed by atoms with E-state index in [1.165, 1.54) is 16.7 Å². The Morgan fingerprint density at radius 1 is 1.33 bits per heavy atom. The van der Waals surface area contributed by atoms with Crippen molar-refractivity contribution < 1.29 is 9.47 Å². The average molecular weight is 249 g/mol. The number of nitrogens with two attached hydrogens (primary N) is 1. The fourth-order valence-corrected chi connectivity index (χ4v) is 2.95. The maximum atomic E-state index is 5.98. The first-order chi connectivity index (χ1) is 8.48. The first-order valence-electron chi connectivity index (χ1n) is 6.47. The van der Waals surface area contributed by atoms with Crippen LogP contribution in [0.15, 0.2) is 12.1 Å². The number of methoxy groups -OCH3 is 1. The molecule has 1 aliphatic rings. The lowest BCUT2D eigenvalue weighted by atomic mass is 9.73. The second-order valence-corrected chi connectivity index (χ2v) is 5.60. The molecule has 1 aliphatic heterocycles. The molecule has 1 unspecified atom stereocenters. The first-order valence-corrected chi connectivity index (χ1v) is 6.47. The minimum absolute atomic E-state index is 0.107. The summed E-state index contributed by atoms with van der Waals surface area (Å²) in [5, 5.41) is 0. The van der Waals surface area contributed by atoms with Crippen LogP contribution in [0.5, 0.6) is 5.75 Å². The number of ether oxygens (including phenoxy) is 2. The van der Waals surface area contributed by atoms with Crippen LogP contribution in [0, 0.1) is 13.8 Å². The SMILES string of the molecule is COc1c(C)cc(C2(CC(C)N)COC2)cc1C. The zero-order valence-electron chi connectivity index (χ0n) is 11.7. The minimum atomic E-state index is 0.107. The van der Waals surface area contributed by atoms with E-state index in [1.807, 2.05) is 0 Å². The van der Waals surface area contributed by atoms with E-state index in [2.05, 4.69) is 32.9 Å². The molecule has 1 atom stereocenters. The van der Waals surface area contributed by atoms with Crippen molar-refractivity contribution in [3.8, 4) is 5.75 Å². The van der Waals surface area contributed by atoms with Crippen LogP contribution in [0.3, 0.4) is 0 Å². The monoisotopic (exact) mass is 249 g/mol.